The molecule has 0 bridgehead atoms. The van der Waals surface area contributed by atoms with E-state index in [9.17, 15) is 0 Å². The van der Waals surface area contributed by atoms with E-state index in [1.165, 1.54) is 0 Å². The number of aromatic nitrogens is 2. The molecule has 0 spiro atoms. The minimum atomic E-state index is 0.112. The van der Waals surface area contributed by atoms with Crippen LogP contribution in [0.4, 0.5) is 5.95 Å². The number of nitrogens with zero attached hydrogens (tertiary/aromatic N) is 3. The van der Waals surface area contributed by atoms with Crippen LogP contribution in [0, 0.1) is 0 Å². The van der Waals surface area contributed by atoms with E-state index >= 15 is 0 Å². The second-order valence-corrected chi connectivity index (χ2v) is 4.87. The normalized spacial score (nSPS) is 20.3. The fourth-order valence-electron chi connectivity index (χ4n) is 1.78. The van der Waals surface area contributed by atoms with Gasteiger partial charge in [-0.3, -0.25) is 0 Å². The van der Waals surface area contributed by atoms with E-state index in [-0.39, 0.29) is 5.54 Å². The molecule has 0 radical (unpaired) electrons. The maximum Gasteiger partial charge on any atom is 0.225 e. The molecule has 1 N–H and O–H groups in total. The first-order chi connectivity index (χ1) is 7.07. The van der Waals surface area contributed by atoms with Gasteiger partial charge in [0.25, 0.3) is 0 Å². The molecule has 1 aromatic heterocycles. The number of rotatable bonds is 1. The summed E-state index contributed by atoms with van der Waals surface area (Å²) in [5.74, 6) is 0.758. The van der Waals surface area contributed by atoms with Crippen LogP contribution in [0.25, 0.3) is 0 Å². The molecular formula is C10H15ClN4. The molecule has 0 aliphatic carbocycles. The third-order valence-corrected chi connectivity index (χ3v) is 2.66. The topological polar surface area (TPSA) is 41.1 Å². The Balaban J connectivity index is 2.13. The predicted molar refractivity (Wildman–Crippen MR) is 61.3 cm³/mol. The van der Waals surface area contributed by atoms with E-state index in [1.807, 2.05) is 0 Å². The molecular weight excluding hydrogens is 212 g/mol. The van der Waals surface area contributed by atoms with Crippen molar-refractivity contribution in [3.05, 3.63) is 17.4 Å². The molecule has 1 aliphatic heterocycles. The van der Waals surface area contributed by atoms with Crippen LogP contribution in [0.15, 0.2) is 12.4 Å². The van der Waals surface area contributed by atoms with Crippen LogP contribution in [0.2, 0.25) is 5.02 Å². The first-order valence-electron chi connectivity index (χ1n) is 5.04. The highest BCUT2D eigenvalue weighted by molar-refractivity contribution is 6.30. The van der Waals surface area contributed by atoms with E-state index in [1.54, 1.807) is 12.4 Å². The number of piperazine rings is 1. The van der Waals surface area contributed by atoms with Crippen molar-refractivity contribution in [2.75, 3.05) is 24.5 Å². The number of hydrogen-bond donors (Lipinski definition) is 1. The molecule has 5 heteroatoms. The molecule has 0 saturated carbocycles. The smallest absolute Gasteiger partial charge is 0.225 e. The summed E-state index contributed by atoms with van der Waals surface area (Å²) in [4.78, 5) is 10.6. The Kier molecular flexibility index (Phi) is 2.80. The van der Waals surface area contributed by atoms with Gasteiger partial charge in [-0.15, -0.1) is 0 Å². The number of hydrogen-bond acceptors (Lipinski definition) is 4. The fourth-order valence-corrected chi connectivity index (χ4v) is 1.88. The molecule has 1 saturated heterocycles. The van der Waals surface area contributed by atoms with E-state index in [0.29, 0.717) is 5.02 Å². The molecule has 0 atom stereocenters. The highest BCUT2D eigenvalue weighted by Gasteiger charge is 2.26. The van der Waals surface area contributed by atoms with Crippen LogP contribution in [-0.4, -0.2) is 35.1 Å². The maximum atomic E-state index is 5.75. The van der Waals surface area contributed by atoms with Crippen LogP contribution < -0.4 is 10.2 Å². The van der Waals surface area contributed by atoms with Gasteiger partial charge in [0.05, 0.1) is 17.4 Å². The summed E-state index contributed by atoms with van der Waals surface area (Å²) in [6, 6.07) is 0. The molecule has 0 aromatic carbocycles. The van der Waals surface area contributed by atoms with Gasteiger partial charge in [0, 0.05) is 25.2 Å². The number of nitrogens with one attached hydrogen (secondary N) is 1. The lowest BCUT2D eigenvalue weighted by molar-refractivity contribution is 0.350. The lowest BCUT2D eigenvalue weighted by atomic mass is 10.0. The van der Waals surface area contributed by atoms with Gasteiger partial charge in [-0.1, -0.05) is 11.6 Å². The van der Waals surface area contributed by atoms with Gasteiger partial charge in [-0.2, -0.15) is 0 Å². The summed E-state index contributed by atoms with van der Waals surface area (Å²) in [7, 11) is 0. The molecule has 1 aliphatic rings. The zero-order valence-corrected chi connectivity index (χ0v) is 9.75. The highest BCUT2D eigenvalue weighted by atomic mass is 35.5. The van der Waals surface area contributed by atoms with Crippen molar-refractivity contribution >= 4 is 17.5 Å². The monoisotopic (exact) mass is 226 g/mol. The molecule has 2 rings (SSSR count). The molecule has 1 fully saturated rings. The summed E-state index contributed by atoms with van der Waals surface area (Å²) >= 11 is 5.75. The Morgan fingerprint density at radius 1 is 1.40 bits per heavy atom. The molecule has 4 nitrogen and oxygen atoms in total. The average molecular weight is 227 g/mol. The van der Waals surface area contributed by atoms with E-state index in [2.05, 4.69) is 34.0 Å². The van der Waals surface area contributed by atoms with Crippen LogP contribution in [0.5, 0.6) is 0 Å². The van der Waals surface area contributed by atoms with Gasteiger partial charge in [-0.25, -0.2) is 9.97 Å². The zero-order chi connectivity index (χ0) is 10.9. The standard InChI is InChI=1S/C10H15ClN4/c1-10(2)7-15(4-3-14-10)9-12-5-8(11)6-13-9/h5-6,14H,3-4,7H2,1-2H3. The van der Waals surface area contributed by atoms with Gasteiger partial charge in [0.2, 0.25) is 5.95 Å². The van der Waals surface area contributed by atoms with Gasteiger partial charge >= 0.3 is 0 Å². The van der Waals surface area contributed by atoms with Gasteiger partial charge in [0.1, 0.15) is 0 Å². The van der Waals surface area contributed by atoms with Crippen molar-refractivity contribution in [2.45, 2.75) is 19.4 Å². The van der Waals surface area contributed by atoms with E-state index < -0.39 is 0 Å². The molecule has 1 aromatic rings. The molecule has 82 valence electrons. The predicted octanol–water partition coefficient (Wildman–Crippen LogP) is 1.32. The van der Waals surface area contributed by atoms with Crippen LogP contribution in [-0.2, 0) is 0 Å². The van der Waals surface area contributed by atoms with Crippen LogP contribution in [0.1, 0.15) is 13.8 Å². The fraction of sp³-hybridized carbons (Fsp3) is 0.600. The molecule has 2 heterocycles. The number of halogens is 1. The first-order valence-corrected chi connectivity index (χ1v) is 5.42. The quantitative estimate of drug-likeness (QED) is 0.784. The summed E-state index contributed by atoms with van der Waals surface area (Å²) in [5, 5.41) is 4.02. The Morgan fingerprint density at radius 3 is 2.67 bits per heavy atom. The summed E-state index contributed by atoms with van der Waals surface area (Å²) in [6.07, 6.45) is 3.28. The average Bonchev–Trinajstić information content (AvgIpc) is 2.17. The van der Waals surface area contributed by atoms with Crippen molar-refractivity contribution < 1.29 is 0 Å². The summed E-state index contributed by atoms with van der Waals surface area (Å²) in [6.45, 7) is 7.16. The molecule has 0 unspecified atom stereocenters. The summed E-state index contributed by atoms with van der Waals surface area (Å²) in [5.41, 5.74) is 0.112. The third-order valence-electron chi connectivity index (χ3n) is 2.46. The van der Waals surface area contributed by atoms with Crippen molar-refractivity contribution in [3.63, 3.8) is 0 Å². The van der Waals surface area contributed by atoms with Crippen molar-refractivity contribution in [2.24, 2.45) is 0 Å². The van der Waals surface area contributed by atoms with Crippen LogP contribution >= 0.6 is 11.6 Å². The Hall–Kier alpha value is -0.870. The summed E-state index contributed by atoms with van der Waals surface area (Å²) < 4.78 is 0. The Morgan fingerprint density at radius 2 is 2.07 bits per heavy atom. The van der Waals surface area contributed by atoms with Gasteiger partial charge < -0.3 is 10.2 Å². The number of anilines is 1. The van der Waals surface area contributed by atoms with E-state index in [0.717, 1.165) is 25.6 Å². The van der Waals surface area contributed by atoms with Crippen LogP contribution in [0.3, 0.4) is 0 Å². The van der Waals surface area contributed by atoms with E-state index in [4.69, 9.17) is 11.6 Å². The second kappa shape index (κ2) is 3.94. The minimum Gasteiger partial charge on any atom is -0.338 e. The minimum absolute atomic E-state index is 0.112. The third kappa shape index (κ3) is 2.58. The lowest BCUT2D eigenvalue weighted by Gasteiger charge is -2.39. The van der Waals surface area contributed by atoms with Gasteiger partial charge in [0.15, 0.2) is 0 Å². The van der Waals surface area contributed by atoms with Gasteiger partial charge in [-0.05, 0) is 13.8 Å². The highest BCUT2D eigenvalue weighted by Crippen LogP contribution is 2.16. The first kappa shape index (κ1) is 10.6. The molecule has 15 heavy (non-hydrogen) atoms. The largest absolute Gasteiger partial charge is 0.338 e. The SMILES string of the molecule is CC1(C)CN(c2ncc(Cl)cn2)CCN1. The zero-order valence-electron chi connectivity index (χ0n) is 9.00. The molecule has 0 amide bonds. The Labute approximate surface area is 94.7 Å². The van der Waals surface area contributed by atoms with Crippen molar-refractivity contribution in [1.29, 1.82) is 0 Å². The van der Waals surface area contributed by atoms with Crippen molar-refractivity contribution in [3.8, 4) is 0 Å². The lowest BCUT2D eigenvalue weighted by Crippen LogP contribution is -2.57. The maximum absolute atomic E-state index is 5.75. The van der Waals surface area contributed by atoms with Crippen molar-refractivity contribution in [1.82, 2.24) is 15.3 Å². The second-order valence-electron chi connectivity index (χ2n) is 4.43. The Bertz CT molecular complexity index is 336.